The van der Waals surface area contributed by atoms with Gasteiger partial charge in [-0.15, -0.1) is 11.3 Å². The summed E-state index contributed by atoms with van der Waals surface area (Å²) in [6.07, 6.45) is 2.82. The fraction of sp³-hybridized carbons (Fsp3) is 0.320. The Hall–Kier alpha value is -2.48. The van der Waals surface area contributed by atoms with Crippen LogP contribution in [0.3, 0.4) is 0 Å². The highest BCUT2D eigenvalue weighted by atomic mass is 32.2. The molecule has 1 atom stereocenters. The van der Waals surface area contributed by atoms with Gasteiger partial charge in [0.2, 0.25) is 0 Å². The minimum absolute atomic E-state index is 0.00871. The number of thioether (sulfide) groups is 1. The Morgan fingerprint density at radius 1 is 1.09 bits per heavy atom. The second kappa shape index (κ2) is 11.9. The van der Waals surface area contributed by atoms with Crippen LogP contribution < -0.4 is 5.32 Å². The molecule has 0 saturated carbocycles. The van der Waals surface area contributed by atoms with Crippen molar-refractivity contribution in [2.75, 3.05) is 26.1 Å². The molecule has 0 aliphatic carbocycles. The van der Waals surface area contributed by atoms with Crippen LogP contribution in [-0.2, 0) is 17.8 Å². The number of hydrogen-bond donors (Lipinski definition) is 1. The minimum atomic E-state index is -0.527. The van der Waals surface area contributed by atoms with Crippen molar-refractivity contribution in [2.24, 2.45) is 0 Å². The van der Waals surface area contributed by atoms with E-state index in [9.17, 15) is 9.59 Å². The van der Waals surface area contributed by atoms with Gasteiger partial charge in [-0.3, -0.25) is 9.59 Å². The number of amides is 1. The third-order valence-electron chi connectivity index (χ3n) is 4.97. The zero-order chi connectivity index (χ0) is 22.9. The van der Waals surface area contributed by atoms with E-state index in [0.29, 0.717) is 12.0 Å². The highest BCUT2D eigenvalue weighted by molar-refractivity contribution is 7.98. The van der Waals surface area contributed by atoms with E-state index in [-0.39, 0.29) is 18.1 Å². The fourth-order valence-corrected chi connectivity index (χ4v) is 4.61. The van der Waals surface area contributed by atoms with Crippen molar-refractivity contribution < 1.29 is 9.59 Å². The topological polar surface area (TPSA) is 62.3 Å². The average Bonchev–Trinajstić information content (AvgIpc) is 3.25. The molecule has 0 fully saturated rings. The number of thiazole rings is 1. The number of carbonyl (C=O) groups is 2. The lowest BCUT2D eigenvalue weighted by Gasteiger charge is -2.17. The second-order valence-electron chi connectivity index (χ2n) is 7.88. The van der Waals surface area contributed by atoms with E-state index in [2.05, 4.69) is 15.2 Å². The van der Waals surface area contributed by atoms with Crippen molar-refractivity contribution in [3.8, 4) is 11.3 Å². The van der Waals surface area contributed by atoms with Gasteiger partial charge in [0.25, 0.3) is 5.91 Å². The zero-order valence-corrected chi connectivity index (χ0v) is 20.3. The standard InChI is InChI=1S/C25H29N3O2S2/c1-28(2)16-18-9-11-20(12-10-18)25(30)27-21(13-14-31-3)23(29)15-24-26-22(17-32-24)19-7-5-4-6-8-19/h4-12,17,21H,13-16H2,1-3H3,(H,27,30)/t21-/m0/s1. The van der Waals surface area contributed by atoms with Crippen LogP contribution in [0.1, 0.15) is 27.3 Å². The summed E-state index contributed by atoms with van der Waals surface area (Å²) in [6, 6.07) is 16.9. The highest BCUT2D eigenvalue weighted by Crippen LogP contribution is 2.22. The van der Waals surface area contributed by atoms with Crippen LogP contribution in [0.2, 0.25) is 0 Å². The molecular weight excluding hydrogens is 438 g/mol. The van der Waals surface area contributed by atoms with Crippen molar-refractivity contribution in [3.63, 3.8) is 0 Å². The molecule has 1 N–H and O–H groups in total. The molecule has 2 aromatic carbocycles. The lowest BCUT2D eigenvalue weighted by atomic mass is 10.1. The van der Waals surface area contributed by atoms with Gasteiger partial charge >= 0.3 is 0 Å². The molecule has 7 heteroatoms. The number of benzene rings is 2. The van der Waals surface area contributed by atoms with Gasteiger partial charge in [0, 0.05) is 23.1 Å². The first-order valence-electron chi connectivity index (χ1n) is 10.5. The normalized spacial score (nSPS) is 12.0. The van der Waals surface area contributed by atoms with Gasteiger partial charge in [0.15, 0.2) is 5.78 Å². The summed E-state index contributed by atoms with van der Waals surface area (Å²) in [6.45, 7) is 0.815. The number of aromatic nitrogens is 1. The van der Waals surface area contributed by atoms with Crippen LogP contribution in [0.5, 0.6) is 0 Å². The molecule has 32 heavy (non-hydrogen) atoms. The molecule has 0 unspecified atom stereocenters. The maximum absolute atomic E-state index is 13.0. The summed E-state index contributed by atoms with van der Waals surface area (Å²) in [5.74, 6) is 0.571. The van der Waals surface area contributed by atoms with E-state index < -0.39 is 6.04 Å². The quantitative estimate of drug-likeness (QED) is 0.449. The first-order valence-corrected chi connectivity index (χ1v) is 12.8. The summed E-state index contributed by atoms with van der Waals surface area (Å²) in [7, 11) is 4.02. The highest BCUT2D eigenvalue weighted by Gasteiger charge is 2.22. The second-order valence-corrected chi connectivity index (χ2v) is 9.81. The fourth-order valence-electron chi connectivity index (χ4n) is 3.32. The third-order valence-corrected chi connectivity index (χ3v) is 6.46. The molecule has 0 aliphatic rings. The number of hydrogen-bond acceptors (Lipinski definition) is 6. The predicted molar refractivity (Wildman–Crippen MR) is 134 cm³/mol. The van der Waals surface area contributed by atoms with E-state index in [4.69, 9.17) is 0 Å². The van der Waals surface area contributed by atoms with Crippen LogP contribution in [0.4, 0.5) is 0 Å². The summed E-state index contributed by atoms with van der Waals surface area (Å²) in [5, 5.41) is 5.70. The van der Waals surface area contributed by atoms with Crippen molar-refractivity contribution in [1.29, 1.82) is 0 Å². The largest absolute Gasteiger partial charge is 0.342 e. The monoisotopic (exact) mass is 467 g/mol. The van der Waals surface area contributed by atoms with Crippen LogP contribution in [-0.4, -0.2) is 53.7 Å². The molecule has 1 amide bonds. The molecule has 1 heterocycles. The van der Waals surface area contributed by atoms with Crippen LogP contribution in [0.15, 0.2) is 60.0 Å². The lowest BCUT2D eigenvalue weighted by Crippen LogP contribution is -2.42. The van der Waals surface area contributed by atoms with E-state index in [0.717, 1.165) is 34.1 Å². The number of nitrogens with zero attached hydrogens (tertiary/aromatic N) is 2. The molecule has 168 valence electrons. The van der Waals surface area contributed by atoms with Crippen LogP contribution in [0.25, 0.3) is 11.3 Å². The molecule has 0 saturated heterocycles. The molecule has 0 spiro atoms. The Labute approximate surface area is 198 Å². The summed E-state index contributed by atoms with van der Waals surface area (Å²) < 4.78 is 0. The summed E-state index contributed by atoms with van der Waals surface area (Å²) in [5.41, 5.74) is 3.61. The van der Waals surface area contributed by atoms with Crippen molar-refractivity contribution in [3.05, 3.63) is 76.1 Å². The SMILES string of the molecule is CSCC[C@H](NC(=O)c1ccc(CN(C)C)cc1)C(=O)Cc1nc(-c2ccccc2)cs1. The van der Waals surface area contributed by atoms with Crippen molar-refractivity contribution >= 4 is 34.8 Å². The number of carbonyl (C=O) groups excluding carboxylic acids is 2. The summed E-state index contributed by atoms with van der Waals surface area (Å²) in [4.78, 5) is 32.6. The third kappa shape index (κ3) is 7.02. The van der Waals surface area contributed by atoms with Gasteiger partial charge in [-0.2, -0.15) is 11.8 Å². The number of rotatable bonds is 11. The Balaban J connectivity index is 1.65. The van der Waals surface area contributed by atoms with Crippen molar-refractivity contribution in [2.45, 2.75) is 25.4 Å². The Kier molecular flexibility index (Phi) is 9.02. The van der Waals surface area contributed by atoms with Gasteiger partial charge in [0.1, 0.15) is 5.01 Å². The Morgan fingerprint density at radius 2 is 1.81 bits per heavy atom. The van der Waals surface area contributed by atoms with Gasteiger partial charge in [-0.25, -0.2) is 4.98 Å². The molecule has 0 bridgehead atoms. The predicted octanol–water partition coefficient (Wildman–Crippen LogP) is 4.54. The number of Topliss-reactive ketones (excluding diaryl/α,β-unsaturated/α-hetero) is 1. The van der Waals surface area contributed by atoms with Crippen molar-refractivity contribution in [1.82, 2.24) is 15.2 Å². The van der Waals surface area contributed by atoms with E-state index in [1.54, 1.807) is 11.8 Å². The molecule has 0 radical (unpaired) electrons. The molecule has 3 rings (SSSR count). The van der Waals surface area contributed by atoms with E-state index in [1.165, 1.54) is 11.3 Å². The molecular formula is C25H29N3O2S2. The number of ketones is 1. The van der Waals surface area contributed by atoms with E-state index in [1.807, 2.05) is 80.3 Å². The van der Waals surface area contributed by atoms with Gasteiger partial charge in [-0.05, 0) is 50.2 Å². The van der Waals surface area contributed by atoms with Crippen LogP contribution in [0, 0.1) is 0 Å². The molecule has 5 nitrogen and oxygen atoms in total. The molecule has 0 aliphatic heterocycles. The minimum Gasteiger partial charge on any atom is -0.342 e. The van der Waals surface area contributed by atoms with Gasteiger partial charge < -0.3 is 10.2 Å². The Morgan fingerprint density at radius 3 is 2.47 bits per heavy atom. The first kappa shape index (κ1) is 24.2. The average molecular weight is 468 g/mol. The molecule has 1 aromatic heterocycles. The van der Waals surface area contributed by atoms with Crippen LogP contribution >= 0.6 is 23.1 Å². The molecule has 3 aromatic rings. The smallest absolute Gasteiger partial charge is 0.251 e. The van der Waals surface area contributed by atoms with E-state index >= 15 is 0 Å². The maximum Gasteiger partial charge on any atom is 0.251 e. The summed E-state index contributed by atoms with van der Waals surface area (Å²) >= 11 is 3.15. The van der Waals surface area contributed by atoms with Gasteiger partial charge in [0.05, 0.1) is 18.2 Å². The first-order chi connectivity index (χ1) is 15.5. The maximum atomic E-state index is 13.0. The van der Waals surface area contributed by atoms with Gasteiger partial charge in [-0.1, -0.05) is 42.5 Å². The number of nitrogens with one attached hydrogen (secondary N) is 1. The lowest BCUT2D eigenvalue weighted by molar-refractivity contribution is -0.120. The zero-order valence-electron chi connectivity index (χ0n) is 18.7. The Bertz CT molecular complexity index is 1020.